The molecule has 0 aliphatic rings. The van der Waals surface area contributed by atoms with Crippen LogP contribution >= 0.6 is 0 Å². The van der Waals surface area contributed by atoms with E-state index < -0.39 is 21.0 Å². The van der Waals surface area contributed by atoms with E-state index >= 15 is 0 Å². The van der Waals surface area contributed by atoms with Crippen LogP contribution in [0.5, 0.6) is 0 Å². The minimum atomic E-state index is -3.42. The summed E-state index contributed by atoms with van der Waals surface area (Å²) in [7, 11) is -3.42. The fraction of sp³-hybridized carbons (Fsp3) is 0.500. The summed E-state index contributed by atoms with van der Waals surface area (Å²) in [5.74, 6) is -0.747. The van der Waals surface area contributed by atoms with Crippen molar-refractivity contribution in [2.45, 2.75) is 43.6 Å². The quantitative estimate of drug-likeness (QED) is 0.568. The van der Waals surface area contributed by atoms with Crippen LogP contribution in [0.2, 0.25) is 0 Å². The summed E-state index contributed by atoms with van der Waals surface area (Å²) >= 11 is 0. The maximum Gasteiger partial charge on any atom is 0.244 e. The minimum absolute atomic E-state index is 0.0824. The lowest BCUT2D eigenvalue weighted by Gasteiger charge is -2.16. The zero-order valence-electron chi connectivity index (χ0n) is 11.6. The molecular formula is C14H21NO4S. The molecule has 0 radical (unpaired) electrons. The van der Waals surface area contributed by atoms with E-state index in [1.54, 1.807) is 24.3 Å². The summed E-state index contributed by atoms with van der Waals surface area (Å²) in [4.78, 5) is 11.3. The number of benzene rings is 1. The Hall–Kier alpha value is -1.40. The van der Waals surface area contributed by atoms with Crippen molar-refractivity contribution in [3.05, 3.63) is 35.9 Å². The number of nitrogens with one attached hydrogen (secondary N) is 1. The maximum atomic E-state index is 12.4. The SMILES string of the molecule is CCCC[C@H](CC(=O)NO)S(=O)(=O)Cc1ccccc1. The van der Waals surface area contributed by atoms with Gasteiger partial charge in [0.15, 0.2) is 9.84 Å². The number of hydrogen-bond acceptors (Lipinski definition) is 4. The highest BCUT2D eigenvalue weighted by atomic mass is 32.2. The van der Waals surface area contributed by atoms with Gasteiger partial charge in [-0.25, -0.2) is 13.9 Å². The van der Waals surface area contributed by atoms with Gasteiger partial charge in [0.25, 0.3) is 0 Å². The first-order valence-electron chi connectivity index (χ1n) is 6.68. The monoisotopic (exact) mass is 299 g/mol. The number of unbranched alkanes of at least 4 members (excludes halogenated alkanes) is 1. The molecule has 1 aromatic rings. The highest BCUT2D eigenvalue weighted by Crippen LogP contribution is 2.19. The molecule has 0 saturated carbocycles. The molecule has 2 N–H and O–H groups in total. The Labute approximate surface area is 119 Å². The third kappa shape index (κ3) is 5.30. The van der Waals surface area contributed by atoms with Gasteiger partial charge in [-0.1, -0.05) is 50.1 Å². The fourth-order valence-electron chi connectivity index (χ4n) is 2.02. The van der Waals surface area contributed by atoms with E-state index in [4.69, 9.17) is 5.21 Å². The van der Waals surface area contributed by atoms with Crippen molar-refractivity contribution in [1.82, 2.24) is 5.48 Å². The van der Waals surface area contributed by atoms with E-state index in [0.717, 1.165) is 12.8 Å². The molecule has 0 aliphatic carbocycles. The van der Waals surface area contributed by atoms with Crippen molar-refractivity contribution in [3.8, 4) is 0 Å². The molecule has 0 unspecified atom stereocenters. The second-order valence-corrected chi connectivity index (χ2v) is 7.08. The van der Waals surface area contributed by atoms with Crippen molar-refractivity contribution in [3.63, 3.8) is 0 Å². The van der Waals surface area contributed by atoms with Gasteiger partial charge in [-0.15, -0.1) is 0 Å². The van der Waals surface area contributed by atoms with Gasteiger partial charge < -0.3 is 0 Å². The van der Waals surface area contributed by atoms with Crippen molar-refractivity contribution in [2.75, 3.05) is 0 Å². The molecule has 1 rings (SSSR count). The van der Waals surface area contributed by atoms with Crippen LogP contribution < -0.4 is 5.48 Å². The first kappa shape index (κ1) is 16.7. The van der Waals surface area contributed by atoms with E-state index in [1.807, 2.05) is 13.0 Å². The summed E-state index contributed by atoms with van der Waals surface area (Å²) in [5, 5.41) is 7.82. The Morgan fingerprint density at radius 2 is 1.95 bits per heavy atom. The largest absolute Gasteiger partial charge is 0.289 e. The van der Waals surface area contributed by atoms with Gasteiger partial charge in [0.05, 0.1) is 11.0 Å². The summed E-state index contributed by atoms with van der Waals surface area (Å²) in [6, 6.07) is 8.89. The van der Waals surface area contributed by atoms with Crippen molar-refractivity contribution in [2.24, 2.45) is 0 Å². The van der Waals surface area contributed by atoms with Gasteiger partial charge in [0.2, 0.25) is 5.91 Å². The third-order valence-electron chi connectivity index (χ3n) is 3.14. The Bertz CT molecular complexity index is 513. The van der Waals surface area contributed by atoms with E-state index in [1.165, 1.54) is 5.48 Å². The third-order valence-corrected chi connectivity index (χ3v) is 5.29. The van der Waals surface area contributed by atoms with Gasteiger partial charge in [-0.2, -0.15) is 0 Å². The van der Waals surface area contributed by atoms with Gasteiger partial charge in [-0.3, -0.25) is 10.0 Å². The first-order valence-corrected chi connectivity index (χ1v) is 8.39. The Morgan fingerprint density at radius 3 is 2.50 bits per heavy atom. The Balaban J connectivity index is 2.83. The molecule has 20 heavy (non-hydrogen) atoms. The lowest BCUT2D eigenvalue weighted by atomic mass is 10.1. The predicted molar refractivity (Wildman–Crippen MR) is 76.9 cm³/mol. The molecule has 0 fully saturated rings. The van der Waals surface area contributed by atoms with Crippen LogP contribution in [0.3, 0.4) is 0 Å². The molecule has 0 heterocycles. The van der Waals surface area contributed by atoms with Crippen molar-refractivity contribution < 1.29 is 18.4 Å². The molecule has 0 saturated heterocycles. The molecule has 6 heteroatoms. The van der Waals surface area contributed by atoms with Gasteiger partial charge in [0.1, 0.15) is 0 Å². The molecular weight excluding hydrogens is 278 g/mol. The number of carbonyl (C=O) groups is 1. The van der Waals surface area contributed by atoms with Gasteiger partial charge in [0, 0.05) is 6.42 Å². The Morgan fingerprint density at radius 1 is 1.30 bits per heavy atom. The standard InChI is InChI=1S/C14H21NO4S/c1-2-3-9-13(10-14(16)15-17)20(18,19)11-12-7-5-4-6-8-12/h4-8,13,17H,2-3,9-11H2,1H3,(H,15,16)/t13-/m1/s1. The first-order chi connectivity index (χ1) is 9.49. The predicted octanol–water partition coefficient (Wildman–Crippen LogP) is 2.06. The number of hydrogen-bond donors (Lipinski definition) is 2. The molecule has 112 valence electrons. The fourth-order valence-corrected chi connectivity index (χ4v) is 3.84. The topological polar surface area (TPSA) is 83.5 Å². The minimum Gasteiger partial charge on any atom is -0.289 e. The second kappa shape index (κ2) is 8.01. The van der Waals surface area contributed by atoms with E-state index in [2.05, 4.69) is 0 Å². The second-order valence-electron chi connectivity index (χ2n) is 4.80. The molecule has 0 aromatic heterocycles. The van der Waals surface area contributed by atoms with Crippen LogP contribution in [0.4, 0.5) is 0 Å². The average molecular weight is 299 g/mol. The molecule has 5 nitrogen and oxygen atoms in total. The lowest BCUT2D eigenvalue weighted by Crippen LogP contribution is -2.30. The molecule has 0 bridgehead atoms. The summed E-state index contributed by atoms with van der Waals surface area (Å²) in [6.07, 6.45) is 1.82. The molecule has 0 aliphatic heterocycles. The van der Waals surface area contributed by atoms with Crippen LogP contribution in [0.25, 0.3) is 0 Å². The zero-order chi connectivity index (χ0) is 15.0. The highest BCUT2D eigenvalue weighted by Gasteiger charge is 2.27. The summed E-state index contributed by atoms with van der Waals surface area (Å²) in [5.41, 5.74) is 2.21. The highest BCUT2D eigenvalue weighted by molar-refractivity contribution is 7.91. The van der Waals surface area contributed by atoms with Crippen molar-refractivity contribution in [1.29, 1.82) is 0 Å². The van der Waals surface area contributed by atoms with Gasteiger partial charge >= 0.3 is 0 Å². The summed E-state index contributed by atoms with van der Waals surface area (Å²) in [6.45, 7) is 1.97. The Kier molecular flexibility index (Phi) is 6.67. The average Bonchev–Trinajstić information content (AvgIpc) is 2.43. The van der Waals surface area contributed by atoms with Crippen LogP contribution in [0, 0.1) is 0 Å². The number of amides is 1. The number of sulfone groups is 1. The van der Waals surface area contributed by atoms with Crippen molar-refractivity contribution >= 4 is 15.7 Å². The zero-order valence-corrected chi connectivity index (χ0v) is 12.4. The van der Waals surface area contributed by atoms with E-state index in [-0.39, 0.29) is 12.2 Å². The number of carbonyl (C=O) groups excluding carboxylic acids is 1. The molecule has 1 atom stereocenters. The van der Waals surface area contributed by atoms with Crippen LogP contribution in [0.15, 0.2) is 30.3 Å². The van der Waals surface area contributed by atoms with E-state index in [0.29, 0.717) is 12.0 Å². The van der Waals surface area contributed by atoms with Crippen LogP contribution in [0.1, 0.15) is 38.2 Å². The van der Waals surface area contributed by atoms with E-state index in [9.17, 15) is 13.2 Å². The number of rotatable bonds is 8. The summed E-state index contributed by atoms with van der Waals surface area (Å²) < 4.78 is 24.8. The maximum absolute atomic E-state index is 12.4. The van der Waals surface area contributed by atoms with Crippen LogP contribution in [-0.4, -0.2) is 24.8 Å². The number of hydroxylamine groups is 1. The normalized spacial score (nSPS) is 12.9. The molecule has 1 amide bonds. The van der Waals surface area contributed by atoms with Gasteiger partial charge in [-0.05, 0) is 12.0 Å². The molecule has 1 aromatic carbocycles. The molecule has 0 spiro atoms. The van der Waals surface area contributed by atoms with Crippen LogP contribution in [-0.2, 0) is 20.4 Å². The lowest BCUT2D eigenvalue weighted by molar-refractivity contribution is -0.129. The smallest absolute Gasteiger partial charge is 0.244 e.